The number of nitrogens with one attached hydrogen (secondary N) is 1. The van der Waals surface area contributed by atoms with Crippen molar-refractivity contribution in [3.8, 4) is 0 Å². The van der Waals surface area contributed by atoms with Crippen molar-refractivity contribution in [3.63, 3.8) is 0 Å². The number of carbonyl (C=O) groups excluding carboxylic acids is 1. The van der Waals surface area contributed by atoms with Crippen LogP contribution in [0.1, 0.15) is 68.8 Å². The number of thiazole rings is 1. The average molecular weight is 589 g/mol. The van der Waals surface area contributed by atoms with Crippen LogP contribution in [0, 0.1) is 11.8 Å². The molecule has 4 rings (SSSR count). The summed E-state index contributed by atoms with van der Waals surface area (Å²) in [5.41, 5.74) is -0.674. The minimum Gasteiger partial charge on any atom is -0.369 e. The van der Waals surface area contributed by atoms with Gasteiger partial charge in [0.25, 0.3) is 0 Å². The Balaban J connectivity index is 1.36. The SMILES string of the molecule is CCS(=O)(=O)c1ccc(CC(=O)Nc2nc3c(s2)CN(CC2CCC(OC)(C(F)(F)F)CC2)[C@H]3C(C)C)nc1. The van der Waals surface area contributed by atoms with Crippen LogP contribution in [-0.4, -0.2) is 60.4 Å². The van der Waals surface area contributed by atoms with Gasteiger partial charge in [0.1, 0.15) is 0 Å². The van der Waals surface area contributed by atoms with E-state index in [-0.39, 0.29) is 53.7 Å². The second-order valence-electron chi connectivity index (χ2n) is 10.7. The molecule has 1 N–H and O–H groups in total. The van der Waals surface area contributed by atoms with Crippen molar-refractivity contribution in [2.45, 2.75) is 82.1 Å². The molecule has 1 fully saturated rings. The molecule has 0 aromatic carbocycles. The summed E-state index contributed by atoms with van der Waals surface area (Å²) in [6, 6.07) is 3.01. The zero-order valence-corrected chi connectivity index (χ0v) is 24.2. The molecule has 216 valence electrons. The van der Waals surface area contributed by atoms with Crippen molar-refractivity contribution in [1.82, 2.24) is 14.9 Å². The third-order valence-electron chi connectivity index (χ3n) is 7.82. The molecule has 0 unspecified atom stereocenters. The van der Waals surface area contributed by atoms with Crippen molar-refractivity contribution < 1.29 is 31.1 Å². The van der Waals surface area contributed by atoms with Crippen molar-refractivity contribution in [3.05, 3.63) is 34.6 Å². The highest BCUT2D eigenvalue weighted by Gasteiger charge is 2.56. The molecule has 0 spiro atoms. The second-order valence-corrected chi connectivity index (χ2v) is 14.1. The van der Waals surface area contributed by atoms with E-state index in [1.807, 2.05) is 0 Å². The van der Waals surface area contributed by atoms with E-state index in [4.69, 9.17) is 9.72 Å². The summed E-state index contributed by atoms with van der Waals surface area (Å²) in [5, 5.41) is 3.33. The van der Waals surface area contributed by atoms with E-state index < -0.39 is 21.6 Å². The quantitative estimate of drug-likeness (QED) is 0.432. The monoisotopic (exact) mass is 588 g/mol. The summed E-state index contributed by atoms with van der Waals surface area (Å²) >= 11 is 1.41. The molecular weight excluding hydrogens is 553 g/mol. The summed E-state index contributed by atoms with van der Waals surface area (Å²) in [5.74, 6) is 0.0604. The number of carbonyl (C=O) groups is 1. The Bertz CT molecular complexity index is 1270. The number of pyridine rings is 1. The fraction of sp³-hybridized carbons (Fsp3) is 0.654. The van der Waals surface area contributed by atoms with Crippen LogP contribution in [0.4, 0.5) is 18.3 Å². The van der Waals surface area contributed by atoms with Crippen molar-refractivity contribution in [2.24, 2.45) is 11.8 Å². The number of ether oxygens (including phenoxy) is 1. The lowest BCUT2D eigenvalue weighted by Gasteiger charge is -2.41. The number of methoxy groups -OCH3 is 1. The van der Waals surface area contributed by atoms with Gasteiger partial charge < -0.3 is 10.1 Å². The van der Waals surface area contributed by atoms with Crippen molar-refractivity contribution in [2.75, 3.05) is 24.7 Å². The van der Waals surface area contributed by atoms with E-state index in [1.165, 1.54) is 29.7 Å². The summed E-state index contributed by atoms with van der Waals surface area (Å²) in [6.45, 7) is 7.09. The number of nitrogens with zero attached hydrogens (tertiary/aromatic N) is 3. The first-order chi connectivity index (χ1) is 18.3. The Hall–Kier alpha value is -2.09. The van der Waals surface area contributed by atoms with Gasteiger partial charge in [-0.3, -0.25) is 14.7 Å². The molecule has 0 radical (unpaired) electrons. The minimum atomic E-state index is -4.37. The van der Waals surface area contributed by atoms with Crippen LogP contribution >= 0.6 is 11.3 Å². The number of aromatic nitrogens is 2. The number of anilines is 1. The predicted octanol–water partition coefficient (Wildman–Crippen LogP) is 5.16. The van der Waals surface area contributed by atoms with Crippen LogP contribution < -0.4 is 5.32 Å². The number of hydrogen-bond acceptors (Lipinski definition) is 8. The maximum absolute atomic E-state index is 13.6. The Morgan fingerprint density at radius 2 is 1.97 bits per heavy atom. The fourth-order valence-electron chi connectivity index (χ4n) is 5.59. The summed E-state index contributed by atoms with van der Waals surface area (Å²) in [4.78, 5) is 25.0. The van der Waals surface area contributed by atoms with Gasteiger partial charge in [-0.25, -0.2) is 13.4 Å². The maximum atomic E-state index is 13.6. The zero-order chi connectivity index (χ0) is 28.6. The van der Waals surface area contributed by atoms with Crippen LogP contribution in [0.3, 0.4) is 0 Å². The largest absolute Gasteiger partial charge is 0.417 e. The first kappa shape index (κ1) is 29.9. The standard InChI is InChI=1S/C26H35F3N4O4S2/c1-5-39(35,36)19-7-6-18(30-13-19)12-21(34)31-24-32-22-20(38-24)15-33(23(22)16(2)3)14-17-8-10-25(37-4,11-9-17)26(27,28)29/h6-7,13,16-17,23H,5,8-12,14-15H2,1-4H3,(H,31,32,34)/t17?,23-,25?/m0/s1. The molecule has 2 aliphatic rings. The highest BCUT2D eigenvalue weighted by Crippen LogP contribution is 2.48. The molecule has 1 aliphatic heterocycles. The first-order valence-corrected chi connectivity index (χ1v) is 15.6. The molecular formula is C26H35F3N4O4S2. The molecule has 2 aromatic heterocycles. The Kier molecular flexibility index (Phi) is 8.75. The molecule has 3 heterocycles. The number of rotatable bonds is 9. The van der Waals surface area contributed by atoms with E-state index in [9.17, 15) is 26.4 Å². The number of fused-ring (bicyclic) bond motifs is 1. The number of halogens is 3. The van der Waals surface area contributed by atoms with Gasteiger partial charge in [-0.1, -0.05) is 20.8 Å². The molecule has 1 aliphatic carbocycles. The van der Waals surface area contributed by atoms with Crippen LogP contribution in [0.15, 0.2) is 23.2 Å². The second kappa shape index (κ2) is 11.4. The maximum Gasteiger partial charge on any atom is 0.417 e. The summed E-state index contributed by atoms with van der Waals surface area (Å²) < 4.78 is 69.5. The van der Waals surface area contributed by atoms with E-state index in [2.05, 4.69) is 29.0 Å². The van der Waals surface area contributed by atoms with Crippen molar-refractivity contribution >= 4 is 32.2 Å². The van der Waals surface area contributed by atoms with Gasteiger partial charge in [0, 0.05) is 37.0 Å². The molecule has 1 saturated carbocycles. The van der Waals surface area contributed by atoms with E-state index in [0.717, 1.165) is 17.7 Å². The minimum absolute atomic E-state index is 0.0149. The highest BCUT2D eigenvalue weighted by atomic mass is 32.2. The lowest BCUT2D eigenvalue weighted by atomic mass is 9.78. The molecule has 1 atom stereocenters. The Morgan fingerprint density at radius 3 is 2.51 bits per heavy atom. The smallest absolute Gasteiger partial charge is 0.369 e. The van der Waals surface area contributed by atoms with E-state index >= 15 is 0 Å². The lowest BCUT2D eigenvalue weighted by molar-refractivity contribution is -0.282. The van der Waals surface area contributed by atoms with Gasteiger partial charge in [0.2, 0.25) is 5.91 Å². The molecule has 0 saturated heterocycles. The van der Waals surface area contributed by atoms with Crippen LogP contribution in [-0.2, 0) is 32.3 Å². The summed E-state index contributed by atoms with van der Waals surface area (Å²) in [6.07, 6.45) is -2.26. The highest BCUT2D eigenvalue weighted by molar-refractivity contribution is 7.91. The number of alkyl halides is 3. The van der Waals surface area contributed by atoms with E-state index in [0.29, 0.717) is 36.8 Å². The third kappa shape index (κ3) is 6.31. The molecule has 0 bridgehead atoms. The number of hydrogen-bond donors (Lipinski definition) is 1. The summed E-state index contributed by atoms with van der Waals surface area (Å²) in [7, 11) is -2.21. The van der Waals surface area contributed by atoms with Gasteiger partial charge >= 0.3 is 6.18 Å². The molecule has 2 aromatic rings. The normalized spacial score (nSPS) is 24.2. The fourth-order valence-corrected chi connectivity index (χ4v) is 7.45. The van der Waals surface area contributed by atoms with Crippen molar-refractivity contribution in [1.29, 1.82) is 0 Å². The van der Waals surface area contributed by atoms with Gasteiger partial charge in [0.05, 0.1) is 28.8 Å². The number of sulfone groups is 1. The topological polar surface area (TPSA) is 101 Å². The molecule has 1 amide bonds. The van der Waals surface area contributed by atoms with E-state index in [1.54, 1.807) is 6.92 Å². The van der Waals surface area contributed by atoms with Crippen LogP contribution in [0.2, 0.25) is 0 Å². The first-order valence-electron chi connectivity index (χ1n) is 13.1. The zero-order valence-electron chi connectivity index (χ0n) is 22.5. The van der Waals surface area contributed by atoms with Gasteiger partial charge in [0.15, 0.2) is 20.6 Å². The molecule has 8 nitrogen and oxygen atoms in total. The lowest BCUT2D eigenvalue weighted by Crippen LogP contribution is -2.50. The van der Waals surface area contributed by atoms with Crippen LogP contribution in [0.25, 0.3) is 0 Å². The predicted molar refractivity (Wildman–Crippen MR) is 142 cm³/mol. The van der Waals surface area contributed by atoms with Gasteiger partial charge in [-0.15, -0.1) is 11.3 Å². The number of amides is 1. The Morgan fingerprint density at radius 1 is 1.28 bits per heavy atom. The van der Waals surface area contributed by atoms with Gasteiger partial charge in [-0.05, 0) is 49.7 Å². The Labute approximate surface area is 231 Å². The average Bonchev–Trinajstić information content (AvgIpc) is 3.40. The third-order valence-corrected chi connectivity index (χ3v) is 10.5. The van der Waals surface area contributed by atoms with Gasteiger partial charge in [-0.2, -0.15) is 13.2 Å². The van der Waals surface area contributed by atoms with Crippen LogP contribution in [0.5, 0.6) is 0 Å². The molecule has 39 heavy (non-hydrogen) atoms. The molecule has 13 heteroatoms.